The van der Waals surface area contributed by atoms with Crippen LogP contribution in [0.1, 0.15) is 92.0 Å². The standard InChI is InChI=1S/C73H78N12O7/c1-49(39-53-23-31-62-65(40-53)91-68(72(88)78-55-11-3-2-4-12-55)47-82(62)45-52-21-29-58(30-22-52)85-38-10-35-77-85)42-74-71(87)67-46-81(44-51-19-27-57(28-20-51)84-37-9-34-76-84)63-32-24-54(41-66(63)92-67)59-13-7-14-60(70(59)86)79-73(89)69-48-80(61-15-5-6-16-64(61)90-69)43-50-17-25-56(26-18-50)83-36-8-33-75-83/h5-6,8-10,15-38,40-41,49,55,59-60,67-70,86H,2-4,7,11-14,39,42-48H2,1H3,(H,74,87)(H,78,88)(H,79,89). The topological polar surface area (TPSA) is 198 Å². The summed E-state index contributed by atoms with van der Waals surface area (Å²) in [6.45, 7) is 5.24. The van der Waals surface area contributed by atoms with Crippen molar-refractivity contribution in [2.45, 2.75) is 127 Å². The van der Waals surface area contributed by atoms with Gasteiger partial charge in [0.05, 0.1) is 65.9 Å². The normalized spacial score (nSPS) is 20.7. The SMILES string of the molecule is CC(CNC(=O)C1CN(Cc2ccc(-n3cccn3)cc2)c2ccc(C3CCCC(NC(=O)C4CN(Cc5ccc(-n6cccn6)cc5)c5ccccc5O4)C3O)cc2O1)Cc1ccc2c(c1)OC(C(=O)NC1CCCCC1)CN2Cc1ccc(-n2cccn2)cc1. The number of aliphatic hydroxyl groups is 1. The molecule has 0 bridgehead atoms. The van der Waals surface area contributed by atoms with Crippen LogP contribution < -0.4 is 44.9 Å². The molecule has 7 unspecified atom stereocenters. The Kier molecular flexibility index (Phi) is 17.5. The molecule has 14 rings (SSSR count). The van der Waals surface area contributed by atoms with Gasteiger partial charge in [0.1, 0.15) is 17.2 Å². The second-order valence-corrected chi connectivity index (χ2v) is 25.4. The van der Waals surface area contributed by atoms with Gasteiger partial charge in [0.25, 0.3) is 17.7 Å². The quantitative estimate of drug-likeness (QED) is 0.0597. The third-order valence-corrected chi connectivity index (χ3v) is 18.7. The van der Waals surface area contributed by atoms with Crippen molar-refractivity contribution in [1.29, 1.82) is 0 Å². The number of carbonyl (C=O) groups is 3. The first-order chi connectivity index (χ1) is 45.1. The molecule has 2 saturated carbocycles. The number of nitrogens with zero attached hydrogens (tertiary/aromatic N) is 9. The van der Waals surface area contributed by atoms with Gasteiger partial charge >= 0.3 is 0 Å². The number of hydrogen-bond donors (Lipinski definition) is 4. The Balaban J connectivity index is 0.649. The molecule has 7 atom stereocenters. The second kappa shape index (κ2) is 26.9. The van der Waals surface area contributed by atoms with Crippen molar-refractivity contribution in [1.82, 2.24) is 45.3 Å². The molecule has 92 heavy (non-hydrogen) atoms. The lowest BCUT2D eigenvalue weighted by molar-refractivity contribution is -0.130. The second-order valence-electron chi connectivity index (χ2n) is 25.4. The number of anilines is 3. The van der Waals surface area contributed by atoms with E-state index in [1.807, 2.05) is 111 Å². The Morgan fingerprint density at radius 3 is 1.52 bits per heavy atom. The highest BCUT2D eigenvalue weighted by Gasteiger charge is 2.40. The van der Waals surface area contributed by atoms with E-state index >= 15 is 0 Å². The van der Waals surface area contributed by atoms with Crippen LogP contribution in [0.4, 0.5) is 17.1 Å². The van der Waals surface area contributed by atoms with Gasteiger partial charge in [0.2, 0.25) is 0 Å². The van der Waals surface area contributed by atoms with Crippen LogP contribution in [0.5, 0.6) is 17.2 Å². The molecule has 3 amide bonds. The maximum Gasteiger partial charge on any atom is 0.263 e. The fourth-order valence-corrected chi connectivity index (χ4v) is 13.9. The van der Waals surface area contributed by atoms with E-state index in [1.165, 1.54) is 6.42 Å². The van der Waals surface area contributed by atoms with Crippen molar-refractivity contribution in [2.75, 3.05) is 40.9 Å². The minimum Gasteiger partial charge on any atom is -0.477 e. The molecule has 0 radical (unpaired) electrons. The third kappa shape index (κ3) is 13.4. The fourth-order valence-electron chi connectivity index (χ4n) is 13.9. The Hall–Kier alpha value is -9.88. The van der Waals surface area contributed by atoms with Crippen LogP contribution in [-0.2, 0) is 40.4 Å². The predicted molar refractivity (Wildman–Crippen MR) is 352 cm³/mol. The van der Waals surface area contributed by atoms with Gasteiger partial charge in [0.15, 0.2) is 18.3 Å². The van der Waals surface area contributed by atoms with Crippen LogP contribution >= 0.6 is 0 Å². The molecule has 472 valence electrons. The minimum absolute atomic E-state index is 0.0277. The van der Waals surface area contributed by atoms with Crippen molar-refractivity contribution in [3.63, 3.8) is 0 Å². The number of amides is 3. The van der Waals surface area contributed by atoms with E-state index in [0.717, 1.165) is 94.0 Å². The van der Waals surface area contributed by atoms with Gasteiger partial charge in [-0.1, -0.05) is 93.3 Å². The summed E-state index contributed by atoms with van der Waals surface area (Å²) in [7, 11) is 0. The van der Waals surface area contributed by atoms with Crippen LogP contribution in [0.25, 0.3) is 17.1 Å². The summed E-state index contributed by atoms with van der Waals surface area (Å²) in [5, 5.41) is 35.2. The van der Waals surface area contributed by atoms with Crippen LogP contribution in [-0.4, -0.2) is 115 Å². The van der Waals surface area contributed by atoms with Crippen molar-refractivity contribution < 1.29 is 33.7 Å². The lowest BCUT2D eigenvalue weighted by Crippen LogP contribution is -2.55. The number of nitrogens with one attached hydrogen (secondary N) is 3. The largest absolute Gasteiger partial charge is 0.477 e. The van der Waals surface area contributed by atoms with Gasteiger partial charge in [-0.05, 0) is 157 Å². The van der Waals surface area contributed by atoms with Crippen molar-refractivity contribution in [3.05, 3.63) is 217 Å². The van der Waals surface area contributed by atoms with E-state index in [2.05, 4.69) is 126 Å². The number of rotatable bonds is 19. The number of carbonyl (C=O) groups excluding carboxylic acids is 3. The summed E-state index contributed by atoms with van der Waals surface area (Å²) in [5.74, 6) is 0.980. The van der Waals surface area contributed by atoms with E-state index in [9.17, 15) is 19.5 Å². The van der Waals surface area contributed by atoms with E-state index < -0.39 is 30.5 Å². The zero-order valence-corrected chi connectivity index (χ0v) is 51.8. The third-order valence-electron chi connectivity index (χ3n) is 18.7. The minimum atomic E-state index is -0.899. The molecule has 2 aliphatic carbocycles. The summed E-state index contributed by atoms with van der Waals surface area (Å²) in [4.78, 5) is 49.5. The molecular formula is C73H78N12O7. The average Bonchev–Trinajstić information content (AvgIpc) is 1.14. The number of benzene rings is 6. The molecule has 3 aliphatic heterocycles. The number of para-hydroxylation sites is 2. The van der Waals surface area contributed by atoms with Crippen molar-refractivity contribution in [3.8, 4) is 34.3 Å². The molecule has 19 heteroatoms. The Morgan fingerprint density at radius 2 is 0.978 bits per heavy atom. The van der Waals surface area contributed by atoms with E-state index in [0.29, 0.717) is 82.3 Å². The number of aromatic nitrogens is 6. The highest BCUT2D eigenvalue weighted by atomic mass is 16.5. The van der Waals surface area contributed by atoms with Gasteiger partial charge in [0, 0.05) is 75.3 Å². The molecular weight excluding hydrogens is 1160 g/mol. The van der Waals surface area contributed by atoms with E-state index in [-0.39, 0.29) is 35.6 Å². The lowest BCUT2D eigenvalue weighted by atomic mass is 9.78. The fraction of sp³-hybridized carbons (Fsp3) is 0.342. The van der Waals surface area contributed by atoms with Gasteiger partial charge in [-0.2, -0.15) is 15.3 Å². The molecule has 0 saturated heterocycles. The zero-order chi connectivity index (χ0) is 62.5. The predicted octanol–water partition coefficient (Wildman–Crippen LogP) is 9.80. The molecule has 19 nitrogen and oxygen atoms in total. The molecule has 0 spiro atoms. The molecule has 6 aromatic carbocycles. The van der Waals surface area contributed by atoms with Gasteiger partial charge in [-0.3, -0.25) is 14.4 Å². The Morgan fingerprint density at radius 1 is 0.500 bits per heavy atom. The summed E-state index contributed by atoms with van der Waals surface area (Å²) < 4.78 is 25.2. The van der Waals surface area contributed by atoms with E-state index in [1.54, 1.807) is 18.6 Å². The average molecular weight is 1240 g/mol. The highest BCUT2D eigenvalue weighted by molar-refractivity contribution is 5.85. The maximum atomic E-state index is 14.5. The lowest BCUT2D eigenvalue weighted by Gasteiger charge is -2.39. The maximum absolute atomic E-state index is 14.5. The molecule has 3 aromatic heterocycles. The number of fused-ring (bicyclic) bond motifs is 3. The summed E-state index contributed by atoms with van der Waals surface area (Å²) in [5.41, 5.74) is 10.7. The summed E-state index contributed by atoms with van der Waals surface area (Å²) in [6, 6.07) is 50.3. The first-order valence-corrected chi connectivity index (χ1v) is 32.5. The van der Waals surface area contributed by atoms with Gasteiger partial charge in [-0.25, -0.2) is 14.0 Å². The van der Waals surface area contributed by atoms with Crippen LogP contribution in [0.15, 0.2) is 189 Å². The first-order valence-electron chi connectivity index (χ1n) is 32.5. The molecule has 2 fully saturated rings. The smallest absolute Gasteiger partial charge is 0.263 e. The van der Waals surface area contributed by atoms with Crippen LogP contribution in [0.2, 0.25) is 0 Å². The summed E-state index contributed by atoms with van der Waals surface area (Å²) in [6.07, 6.45) is 15.9. The summed E-state index contributed by atoms with van der Waals surface area (Å²) >= 11 is 0. The zero-order valence-electron chi connectivity index (χ0n) is 51.8. The Bertz CT molecular complexity index is 3970. The van der Waals surface area contributed by atoms with Crippen molar-refractivity contribution in [2.24, 2.45) is 5.92 Å². The van der Waals surface area contributed by atoms with E-state index in [4.69, 9.17) is 14.2 Å². The first kappa shape index (κ1) is 59.7. The van der Waals surface area contributed by atoms with Gasteiger partial charge < -0.3 is 50.0 Å². The van der Waals surface area contributed by atoms with Crippen LogP contribution in [0.3, 0.4) is 0 Å². The van der Waals surface area contributed by atoms with Crippen molar-refractivity contribution >= 4 is 34.8 Å². The molecule has 6 heterocycles. The number of hydrogen-bond acceptors (Lipinski definition) is 13. The van der Waals surface area contributed by atoms with Gasteiger partial charge in [-0.15, -0.1) is 0 Å². The Labute approximate surface area is 535 Å². The monoisotopic (exact) mass is 1230 g/mol. The molecule has 4 N–H and O–H groups in total. The highest BCUT2D eigenvalue weighted by Crippen LogP contribution is 2.42. The van der Waals surface area contributed by atoms with Crippen LogP contribution in [0, 0.1) is 5.92 Å². The number of aliphatic hydroxyl groups excluding tert-OH is 1. The number of ether oxygens (including phenoxy) is 3. The molecule has 5 aliphatic rings. The molecule has 9 aromatic rings.